The van der Waals surface area contributed by atoms with E-state index in [4.69, 9.17) is 4.74 Å². The quantitative estimate of drug-likeness (QED) is 0.325. The van der Waals surface area contributed by atoms with Crippen molar-refractivity contribution in [1.82, 2.24) is 14.3 Å². The fraction of sp³-hybridized carbons (Fsp3) is 0.208. The van der Waals surface area contributed by atoms with Crippen LogP contribution in [0.25, 0.3) is 16.6 Å². The average molecular weight is 489 g/mol. The van der Waals surface area contributed by atoms with Crippen LogP contribution in [0.3, 0.4) is 0 Å². The molecule has 0 amide bonds. The summed E-state index contributed by atoms with van der Waals surface area (Å²) in [4.78, 5) is 25.0. The van der Waals surface area contributed by atoms with Gasteiger partial charge in [-0.1, -0.05) is 18.2 Å². The van der Waals surface area contributed by atoms with Crippen molar-refractivity contribution < 1.29 is 32.2 Å². The van der Waals surface area contributed by atoms with E-state index in [-0.39, 0.29) is 29.6 Å². The summed E-state index contributed by atoms with van der Waals surface area (Å²) < 4.78 is 60.3. The lowest BCUT2D eigenvalue weighted by molar-refractivity contribution is -0.208. The van der Waals surface area contributed by atoms with Crippen LogP contribution < -0.4 is 5.43 Å². The minimum atomic E-state index is -4.83. The molecular weight excluding hydrogens is 470 g/mol. The van der Waals surface area contributed by atoms with E-state index in [1.54, 1.807) is 41.8 Å². The first kappa shape index (κ1) is 24.1. The Balaban J connectivity index is 1.67. The fourth-order valence-electron chi connectivity index (χ4n) is 3.63. The largest absolute Gasteiger partial charge is 0.462 e. The number of aromatic nitrogens is 3. The van der Waals surface area contributed by atoms with Crippen LogP contribution in [-0.4, -0.2) is 38.2 Å². The van der Waals surface area contributed by atoms with Crippen LogP contribution in [0, 0.1) is 5.82 Å². The molecule has 35 heavy (non-hydrogen) atoms. The summed E-state index contributed by atoms with van der Waals surface area (Å²) >= 11 is 0. The molecular formula is C24H19F4N3O4. The summed E-state index contributed by atoms with van der Waals surface area (Å²) in [6, 6.07) is 11.8. The van der Waals surface area contributed by atoms with Crippen molar-refractivity contribution in [2.45, 2.75) is 25.7 Å². The van der Waals surface area contributed by atoms with Crippen molar-refractivity contribution >= 4 is 16.9 Å². The topological polar surface area (TPSA) is 86.3 Å². The van der Waals surface area contributed by atoms with Crippen LogP contribution in [0.5, 0.6) is 0 Å². The average Bonchev–Trinajstić information content (AvgIpc) is 3.30. The molecule has 1 N–H and O–H groups in total. The maximum Gasteiger partial charge on any atom is 0.420 e. The van der Waals surface area contributed by atoms with E-state index >= 15 is 0 Å². The van der Waals surface area contributed by atoms with Gasteiger partial charge in [-0.25, -0.2) is 13.9 Å². The Labute approximate surface area is 195 Å². The zero-order chi connectivity index (χ0) is 25.3. The van der Waals surface area contributed by atoms with E-state index < -0.39 is 35.2 Å². The number of hydrogen-bond acceptors (Lipinski definition) is 5. The number of halogens is 4. The lowest BCUT2D eigenvalue weighted by atomic mass is 10.1. The maximum atomic E-state index is 14.5. The Morgan fingerprint density at radius 3 is 2.51 bits per heavy atom. The highest BCUT2D eigenvalue weighted by atomic mass is 19.4. The van der Waals surface area contributed by atoms with Gasteiger partial charge in [0.2, 0.25) is 5.43 Å². The van der Waals surface area contributed by atoms with Gasteiger partial charge in [-0.15, -0.1) is 0 Å². The molecule has 7 nitrogen and oxygen atoms in total. The number of aliphatic hydroxyl groups is 1. The van der Waals surface area contributed by atoms with E-state index in [2.05, 4.69) is 5.10 Å². The van der Waals surface area contributed by atoms with Crippen LogP contribution in [0.15, 0.2) is 65.7 Å². The van der Waals surface area contributed by atoms with Gasteiger partial charge in [0.1, 0.15) is 17.1 Å². The standard InChI is InChI=1S/C24H19F4N3O4/c1-2-35-23(34)16-13-30(19-5-3-4-17(25)20(19)21(16)32)12-14-6-8-15(9-7-14)31-11-10-18(29-31)22(33)24(26,27)28/h3-11,13,22,33H,2,12H2,1H3. The predicted molar refractivity (Wildman–Crippen MR) is 118 cm³/mol. The summed E-state index contributed by atoms with van der Waals surface area (Å²) in [6.45, 7) is 1.79. The molecule has 182 valence electrons. The van der Waals surface area contributed by atoms with Crippen LogP contribution in [0.2, 0.25) is 0 Å². The zero-order valence-electron chi connectivity index (χ0n) is 18.3. The highest BCUT2D eigenvalue weighted by Crippen LogP contribution is 2.31. The summed E-state index contributed by atoms with van der Waals surface area (Å²) in [6.07, 6.45) is -4.91. The number of alkyl halides is 3. The van der Waals surface area contributed by atoms with E-state index in [1.165, 1.54) is 23.1 Å². The van der Waals surface area contributed by atoms with Crippen molar-refractivity contribution in [2.24, 2.45) is 0 Å². The van der Waals surface area contributed by atoms with Gasteiger partial charge in [-0.05, 0) is 42.8 Å². The van der Waals surface area contributed by atoms with Crippen molar-refractivity contribution in [3.8, 4) is 5.69 Å². The third-order valence-corrected chi connectivity index (χ3v) is 5.31. The number of rotatable bonds is 6. The molecule has 1 unspecified atom stereocenters. The van der Waals surface area contributed by atoms with Crippen molar-refractivity contribution in [2.75, 3.05) is 6.61 Å². The Morgan fingerprint density at radius 1 is 1.14 bits per heavy atom. The monoisotopic (exact) mass is 489 g/mol. The molecule has 2 aromatic carbocycles. The number of esters is 1. The number of aliphatic hydroxyl groups excluding tert-OH is 1. The van der Waals surface area contributed by atoms with E-state index in [0.717, 1.165) is 12.1 Å². The molecule has 0 saturated heterocycles. The first-order valence-corrected chi connectivity index (χ1v) is 10.5. The van der Waals surface area contributed by atoms with Crippen molar-refractivity contribution in [3.63, 3.8) is 0 Å². The van der Waals surface area contributed by atoms with Gasteiger partial charge in [-0.2, -0.15) is 18.3 Å². The van der Waals surface area contributed by atoms with E-state index in [1.807, 2.05) is 0 Å². The molecule has 4 rings (SSSR count). The van der Waals surface area contributed by atoms with Crippen molar-refractivity contribution in [3.05, 3.63) is 93.8 Å². The number of carbonyl (C=O) groups is 1. The summed E-state index contributed by atoms with van der Waals surface area (Å²) in [5, 5.41) is 12.9. The number of carbonyl (C=O) groups excluding carboxylic acids is 1. The summed E-state index contributed by atoms with van der Waals surface area (Å²) in [5.41, 5.74) is -0.176. The minimum absolute atomic E-state index is 0.0458. The number of nitrogens with zero attached hydrogens (tertiary/aromatic N) is 3. The molecule has 0 saturated carbocycles. The van der Waals surface area contributed by atoms with Gasteiger partial charge in [0.05, 0.1) is 23.2 Å². The van der Waals surface area contributed by atoms with Crippen molar-refractivity contribution in [1.29, 1.82) is 0 Å². The lowest BCUT2D eigenvalue weighted by Crippen LogP contribution is -2.22. The van der Waals surface area contributed by atoms with E-state index in [0.29, 0.717) is 11.3 Å². The maximum absolute atomic E-state index is 14.5. The predicted octanol–water partition coefficient (Wildman–Crippen LogP) is 4.15. The van der Waals surface area contributed by atoms with Gasteiger partial charge in [0.15, 0.2) is 6.10 Å². The fourth-order valence-corrected chi connectivity index (χ4v) is 3.63. The number of ether oxygens (including phenoxy) is 1. The first-order valence-electron chi connectivity index (χ1n) is 10.5. The van der Waals surface area contributed by atoms with Gasteiger partial charge in [-0.3, -0.25) is 4.79 Å². The SMILES string of the molecule is CCOC(=O)c1cn(Cc2ccc(-n3ccc(C(O)C(F)(F)F)n3)cc2)c2cccc(F)c2c1=O. The van der Waals surface area contributed by atoms with Crippen LogP contribution in [0.1, 0.15) is 34.6 Å². The molecule has 0 radical (unpaired) electrons. The molecule has 1 atom stereocenters. The molecule has 2 heterocycles. The van der Waals surface area contributed by atoms with Gasteiger partial charge < -0.3 is 14.4 Å². The van der Waals surface area contributed by atoms with E-state index in [9.17, 15) is 32.3 Å². The summed E-state index contributed by atoms with van der Waals surface area (Å²) in [7, 11) is 0. The first-order chi connectivity index (χ1) is 16.6. The Morgan fingerprint density at radius 2 is 1.86 bits per heavy atom. The number of pyridine rings is 1. The smallest absolute Gasteiger partial charge is 0.420 e. The second kappa shape index (κ2) is 9.34. The Kier molecular flexibility index (Phi) is 6.44. The molecule has 0 fully saturated rings. The molecule has 2 aromatic heterocycles. The minimum Gasteiger partial charge on any atom is -0.462 e. The molecule has 0 aliphatic rings. The molecule has 4 aromatic rings. The highest BCUT2D eigenvalue weighted by Gasteiger charge is 2.40. The Hall–Kier alpha value is -3.99. The second-order valence-electron chi connectivity index (χ2n) is 7.65. The number of fused-ring (bicyclic) bond motifs is 1. The van der Waals surface area contributed by atoms with Crippen LogP contribution in [-0.2, 0) is 11.3 Å². The number of benzene rings is 2. The molecule has 0 aliphatic heterocycles. The second-order valence-corrected chi connectivity index (χ2v) is 7.65. The lowest BCUT2D eigenvalue weighted by Gasteiger charge is -2.14. The van der Waals surface area contributed by atoms with Gasteiger partial charge in [0.25, 0.3) is 0 Å². The molecule has 11 heteroatoms. The Bertz CT molecular complexity index is 1440. The third-order valence-electron chi connectivity index (χ3n) is 5.31. The van der Waals surface area contributed by atoms with Gasteiger partial charge >= 0.3 is 12.1 Å². The van der Waals surface area contributed by atoms with Crippen LogP contribution >= 0.6 is 0 Å². The number of hydrogen-bond donors (Lipinski definition) is 1. The third kappa shape index (κ3) is 4.80. The normalized spacial score (nSPS) is 12.6. The highest BCUT2D eigenvalue weighted by molar-refractivity contribution is 5.94. The molecule has 0 bridgehead atoms. The van der Waals surface area contributed by atoms with Crippen LogP contribution in [0.4, 0.5) is 17.6 Å². The molecule has 0 spiro atoms. The molecule has 0 aliphatic carbocycles. The van der Waals surface area contributed by atoms with Gasteiger partial charge in [0, 0.05) is 18.9 Å². The zero-order valence-corrected chi connectivity index (χ0v) is 18.3. The summed E-state index contributed by atoms with van der Waals surface area (Å²) in [5.74, 6) is -1.62.